The van der Waals surface area contributed by atoms with Gasteiger partial charge in [0.1, 0.15) is 0 Å². The Morgan fingerprint density at radius 3 is 2.33 bits per heavy atom. The van der Waals surface area contributed by atoms with Crippen LogP contribution in [0.4, 0.5) is 0 Å². The highest BCUT2D eigenvalue weighted by Crippen LogP contribution is 1.91. The van der Waals surface area contributed by atoms with E-state index in [1.54, 1.807) is 6.08 Å². The lowest BCUT2D eigenvalue weighted by Crippen LogP contribution is -1.60. The Balaban J connectivity index is 3.81. The highest BCUT2D eigenvalue weighted by molar-refractivity contribution is 5.21. The largest absolute Gasteiger partial charge is 0.0991 e. The fourth-order valence-electron chi connectivity index (χ4n) is 0.354. The molecule has 0 aromatic rings. The monoisotopic (exact) mass is 120 g/mol. The SMILES string of the molecule is C=C/C=C/C=C(/C)C=C. The van der Waals surface area contributed by atoms with Gasteiger partial charge in [-0.3, -0.25) is 0 Å². The predicted octanol–water partition coefficient (Wildman–Crippen LogP) is 2.86. The lowest BCUT2D eigenvalue weighted by Gasteiger charge is -1.81. The van der Waals surface area contributed by atoms with Crippen molar-refractivity contribution in [3.8, 4) is 0 Å². The molecular weight excluding hydrogens is 108 g/mol. The van der Waals surface area contributed by atoms with E-state index in [9.17, 15) is 0 Å². The van der Waals surface area contributed by atoms with E-state index in [4.69, 9.17) is 0 Å². The smallest absolute Gasteiger partial charge is 0.0398 e. The average molecular weight is 120 g/mol. The number of hydrogen-bond donors (Lipinski definition) is 0. The molecule has 0 nitrogen and oxygen atoms in total. The van der Waals surface area contributed by atoms with Crippen molar-refractivity contribution < 1.29 is 0 Å². The minimum absolute atomic E-state index is 1.16. The van der Waals surface area contributed by atoms with Gasteiger partial charge in [0.2, 0.25) is 0 Å². The summed E-state index contributed by atoms with van der Waals surface area (Å²) in [6.07, 6.45) is 9.35. The molecule has 0 bridgehead atoms. The topological polar surface area (TPSA) is 0 Å². The zero-order valence-corrected chi connectivity index (χ0v) is 5.80. The van der Waals surface area contributed by atoms with Crippen molar-refractivity contribution in [3.05, 3.63) is 49.1 Å². The molecule has 0 saturated carbocycles. The fourth-order valence-corrected chi connectivity index (χ4v) is 0.354. The summed E-state index contributed by atoms with van der Waals surface area (Å²) in [4.78, 5) is 0. The summed E-state index contributed by atoms with van der Waals surface area (Å²) in [5.41, 5.74) is 1.16. The maximum absolute atomic E-state index is 3.61. The Kier molecular flexibility index (Phi) is 4.51. The second kappa shape index (κ2) is 5.10. The van der Waals surface area contributed by atoms with E-state index in [-0.39, 0.29) is 0 Å². The van der Waals surface area contributed by atoms with Crippen LogP contribution in [0.3, 0.4) is 0 Å². The summed E-state index contributed by atoms with van der Waals surface area (Å²) in [7, 11) is 0. The van der Waals surface area contributed by atoms with Crippen molar-refractivity contribution in [2.45, 2.75) is 6.92 Å². The third-order valence-corrected chi connectivity index (χ3v) is 0.928. The van der Waals surface area contributed by atoms with Crippen LogP contribution in [0.5, 0.6) is 0 Å². The molecule has 0 fully saturated rings. The Labute approximate surface area is 56.9 Å². The van der Waals surface area contributed by atoms with Crippen molar-refractivity contribution in [1.29, 1.82) is 0 Å². The summed E-state index contributed by atoms with van der Waals surface area (Å²) in [5, 5.41) is 0. The number of rotatable bonds is 3. The molecule has 9 heavy (non-hydrogen) atoms. The van der Waals surface area contributed by atoms with Crippen LogP contribution >= 0.6 is 0 Å². The van der Waals surface area contributed by atoms with Gasteiger partial charge in [0, 0.05) is 0 Å². The molecule has 0 rings (SSSR count). The van der Waals surface area contributed by atoms with Crippen LogP contribution in [0.1, 0.15) is 6.92 Å². The van der Waals surface area contributed by atoms with Gasteiger partial charge in [0.05, 0.1) is 0 Å². The second-order valence-electron chi connectivity index (χ2n) is 1.74. The molecule has 0 unspecified atom stereocenters. The van der Waals surface area contributed by atoms with Crippen molar-refractivity contribution >= 4 is 0 Å². The van der Waals surface area contributed by atoms with Gasteiger partial charge in [0.15, 0.2) is 0 Å². The van der Waals surface area contributed by atoms with Crippen molar-refractivity contribution in [2.24, 2.45) is 0 Å². The summed E-state index contributed by atoms with van der Waals surface area (Å²) in [5.74, 6) is 0. The normalized spacial score (nSPS) is 11.9. The standard InChI is InChI=1S/C9H12/c1-4-6-7-8-9(3)5-2/h4-8H,1-2H2,3H3/b7-6+,9-8-. The lowest BCUT2D eigenvalue weighted by molar-refractivity contribution is 1.54. The highest BCUT2D eigenvalue weighted by Gasteiger charge is 1.70. The molecule has 0 atom stereocenters. The van der Waals surface area contributed by atoms with Gasteiger partial charge >= 0.3 is 0 Å². The third-order valence-electron chi connectivity index (χ3n) is 0.928. The van der Waals surface area contributed by atoms with Crippen molar-refractivity contribution in [2.75, 3.05) is 0 Å². The van der Waals surface area contributed by atoms with Gasteiger partial charge < -0.3 is 0 Å². The molecule has 0 aliphatic heterocycles. The number of hydrogen-bond acceptors (Lipinski definition) is 0. The molecule has 48 valence electrons. The summed E-state index contributed by atoms with van der Waals surface area (Å²) < 4.78 is 0. The van der Waals surface area contributed by atoms with Crippen LogP contribution in [0.25, 0.3) is 0 Å². The Hall–Kier alpha value is -1.04. The van der Waals surface area contributed by atoms with Gasteiger partial charge in [-0.1, -0.05) is 49.1 Å². The van der Waals surface area contributed by atoms with Crippen LogP contribution < -0.4 is 0 Å². The van der Waals surface area contributed by atoms with Crippen LogP contribution in [0.15, 0.2) is 49.1 Å². The Morgan fingerprint density at radius 1 is 1.22 bits per heavy atom. The first-order chi connectivity index (χ1) is 4.31. The molecule has 0 radical (unpaired) electrons. The molecule has 0 N–H and O–H groups in total. The quantitative estimate of drug-likeness (QED) is 0.502. The molecule has 0 aromatic heterocycles. The fraction of sp³-hybridized carbons (Fsp3) is 0.111. The predicted molar refractivity (Wildman–Crippen MR) is 43.3 cm³/mol. The minimum atomic E-state index is 1.16. The average Bonchev–Trinajstić information content (AvgIpc) is 1.89. The van der Waals surface area contributed by atoms with Crippen molar-refractivity contribution in [1.82, 2.24) is 0 Å². The summed E-state index contributed by atoms with van der Waals surface area (Å²) in [6.45, 7) is 9.15. The zero-order valence-electron chi connectivity index (χ0n) is 5.80. The van der Waals surface area contributed by atoms with Crippen molar-refractivity contribution in [3.63, 3.8) is 0 Å². The van der Waals surface area contributed by atoms with Gasteiger partial charge in [-0.25, -0.2) is 0 Å². The van der Waals surface area contributed by atoms with E-state index < -0.39 is 0 Å². The molecule has 0 aliphatic rings. The summed E-state index contributed by atoms with van der Waals surface area (Å²) in [6, 6.07) is 0. The highest BCUT2D eigenvalue weighted by atomic mass is 13.8. The second-order valence-corrected chi connectivity index (χ2v) is 1.74. The van der Waals surface area contributed by atoms with Gasteiger partial charge in [0.25, 0.3) is 0 Å². The first-order valence-corrected chi connectivity index (χ1v) is 2.89. The van der Waals surface area contributed by atoms with Gasteiger partial charge in [-0.05, 0) is 6.92 Å². The van der Waals surface area contributed by atoms with Crippen LogP contribution in [-0.4, -0.2) is 0 Å². The minimum Gasteiger partial charge on any atom is -0.0991 e. The summed E-state index contributed by atoms with van der Waals surface area (Å²) >= 11 is 0. The van der Waals surface area contributed by atoms with Gasteiger partial charge in [-0.2, -0.15) is 0 Å². The molecule has 0 amide bonds. The maximum atomic E-state index is 3.61. The van der Waals surface area contributed by atoms with E-state index in [0.717, 1.165) is 5.57 Å². The zero-order chi connectivity index (χ0) is 7.11. The Bertz CT molecular complexity index is 147. The number of allylic oxidation sites excluding steroid dienone is 6. The van der Waals surface area contributed by atoms with E-state index in [2.05, 4.69) is 13.2 Å². The Morgan fingerprint density at radius 2 is 1.89 bits per heavy atom. The van der Waals surface area contributed by atoms with E-state index >= 15 is 0 Å². The molecule has 0 spiro atoms. The molecule has 0 heterocycles. The van der Waals surface area contributed by atoms with E-state index in [0.29, 0.717) is 0 Å². The molecule has 0 heteroatoms. The first kappa shape index (κ1) is 7.96. The molecule has 0 saturated heterocycles. The molecule has 0 aromatic carbocycles. The first-order valence-electron chi connectivity index (χ1n) is 2.89. The van der Waals surface area contributed by atoms with Crippen LogP contribution in [0, 0.1) is 0 Å². The molecule has 0 aliphatic carbocycles. The van der Waals surface area contributed by atoms with Crippen LogP contribution in [-0.2, 0) is 0 Å². The lowest BCUT2D eigenvalue weighted by atomic mass is 10.3. The van der Waals surface area contributed by atoms with Gasteiger partial charge in [-0.15, -0.1) is 0 Å². The maximum Gasteiger partial charge on any atom is -0.0398 e. The van der Waals surface area contributed by atoms with Crippen LogP contribution in [0.2, 0.25) is 0 Å². The molecular formula is C9H12. The van der Waals surface area contributed by atoms with E-state index in [1.807, 2.05) is 31.2 Å². The third kappa shape index (κ3) is 4.82. The van der Waals surface area contributed by atoms with E-state index in [1.165, 1.54) is 0 Å².